The second-order valence-corrected chi connectivity index (χ2v) is 7.71. The van der Waals surface area contributed by atoms with Crippen molar-refractivity contribution in [1.29, 1.82) is 0 Å². The highest BCUT2D eigenvalue weighted by atomic mass is 127. The molecule has 4 nitrogen and oxygen atoms in total. The summed E-state index contributed by atoms with van der Waals surface area (Å²) in [5.74, 6) is -0.922. The summed E-state index contributed by atoms with van der Waals surface area (Å²) in [6, 6.07) is 7.04. The maximum Gasteiger partial charge on any atom is 0.335 e. The molecule has 2 aromatic rings. The summed E-state index contributed by atoms with van der Waals surface area (Å²) in [6.07, 6.45) is 0.766. The van der Waals surface area contributed by atoms with E-state index in [1.807, 2.05) is 17.5 Å². The molecular weight excluding hydrogens is 401 g/mol. The summed E-state index contributed by atoms with van der Waals surface area (Å²) in [5.41, 5.74) is 3.04. The average molecular weight is 413 g/mol. The number of carboxylic acids is 1. The molecule has 1 aliphatic heterocycles. The standard InChI is InChI=1S/C15H12INO3S/c16-13-6-12(8-21-13)14(18)17-4-3-9-1-2-10(15(19)20)5-11(9)7-17/h1-2,5-6,8H,3-4,7H2,(H,19,20). The molecule has 0 saturated heterocycles. The van der Waals surface area contributed by atoms with Gasteiger partial charge in [-0.25, -0.2) is 4.79 Å². The lowest BCUT2D eigenvalue weighted by Gasteiger charge is -2.29. The van der Waals surface area contributed by atoms with Crippen molar-refractivity contribution in [2.45, 2.75) is 13.0 Å². The third kappa shape index (κ3) is 2.96. The predicted octanol–water partition coefficient (Wildman–Crippen LogP) is 3.25. The summed E-state index contributed by atoms with van der Waals surface area (Å²) in [7, 11) is 0. The van der Waals surface area contributed by atoms with Crippen LogP contribution in [0.5, 0.6) is 0 Å². The number of halogens is 1. The van der Waals surface area contributed by atoms with Crippen LogP contribution in [0.4, 0.5) is 0 Å². The fraction of sp³-hybridized carbons (Fsp3) is 0.200. The maximum atomic E-state index is 12.5. The quantitative estimate of drug-likeness (QED) is 0.770. The van der Waals surface area contributed by atoms with Gasteiger partial charge in [-0.1, -0.05) is 6.07 Å². The lowest BCUT2D eigenvalue weighted by Crippen LogP contribution is -2.35. The molecule has 0 aliphatic carbocycles. The number of hydrogen-bond acceptors (Lipinski definition) is 3. The molecular formula is C15H12INO3S. The van der Waals surface area contributed by atoms with E-state index in [2.05, 4.69) is 22.6 Å². The number of benzene rings is 1. The number of fused-ring (bicyclic) bond motifs is 1. The van der Waals surface area contributed by atoms with Gasteiger partial charge in [-0.3, -0.25) is 4.79 Å². The molecule has 1 N–H and O–H groups in total. The third-order valence-corrected chi connectivity index (χ3v) is 5.36. The number of carbonyl (C=O) groups excluding carboxylic acids is 1. The van der Waals surface area contributed by atoms with E-state index >= 15 is 0 Å². The van der Waals surface area contributed by atoms with Crippen molar-refractivity contribution in [3.8, 4) is 0 Å². The van der Waals surface area contributed by atoms with Gasteiger partial charge in [0.1, 0.15) is 0 Å². The van der Waals surface area contributed by atoms with E-state index in [1.165, 1.54) is 0 Å². The van der Waals surface area contributed by atoms with Crippen molar-refractivity contribution in [3.05, 3.63) is 54.8 Å². The zero-order valence-corrected chi connectivity index (χ0v) is 14.0. The second-order valence-electron chi connectivity index (χ2n) is 4.90. The van der Waals surface area contributed by atoms with Crippen LogP contribution in [-0.4, -0.2) is 28.4 Å². The first kappa shape index (κ1) is 14.5. The number of thiophene rings is 1. The van der Waals surface area contributed by atoms with Crippen LogP contribution in [0.2, 0.25) is 0 Å². The normalized spacial score (nSPS) is 13.9. The van der Waals surface area contributed by atoms with Crippen molar-refractivity contribution in [2.75, 3.05) is 6.54 Å². The first-order chi connectivity index (χ1) is 10.0. The Bertz CT molecular complexity index is 725. The number of rotatable bonds is 2. The van der Waals surface area contributed by atoms with Crippen LogP contribution in [0.15, 0.2) is 29.6 Å². The zero-order valence-electron chi connectivity index (χ0n) is 11.0. The molecule has 108 valence electrons. The SMILES string of the molecule is O=C(O)c1ccc2c(c1)CN(C(=O)c1csc(I)c1)CC2. The van der Waals surface area contributed by atoms with Crippen molar-refractivity contribution in [3.63, 3.8) is 0 Å². The third-order valence-electron chi connectivity index (χ3n) is 3.57. The van der Waals surface area contributed by atoms with Crippen LogP contribution in [0.25, 0.3) is 0 Å². The van der Waals surface area contributed by atoms with Crippen molar-refractivity contribution in [1.82, 2.24) is 4.90 Å². The average Bonchev–Trinajstić information content (AvgIpc) is 2.91. The Balaban J connectivity index is 1.84. The van der Waals surface area contributed by atoms with Gasteiger partial charge in [0.15, 0.2) is 0 Å². The summed E-state index contributed by atoms with van der Waals surface area (Å²) < 4.78 is 1.08. The zero-order chi connectivity index (χ0) is 15.0. The molecule has 2 heterocycles. The number of amides is 1. The Morgan fingerprint density at radius 2 is 2.00 bits per heavy atom. The first-order valence-electron chi connectivity index (χ1n) is 6.43. The van der Waals surface area contributed by atoms with E-state index in [-0.39, 0.29) is 11.5 Å². The first-order valence-corrected chi connectivity index (χ1v) is 8.39. The number of nitrogens with zero attached hydrogens (tertiary/aromatic N) is 1. The van der Waals surface area contributed by atoms with E-state index in [1.54, 1.807) is 28.4 Å². The molecule has 0 unspecified atom stereocenters. The van der Waals surface area contributed by atoms with Crippen LogP contribution >= 0.6 is 33.9 Å². The molecule has 0 fully saturated rings. The second kappa shape index (κ2) is 5.76. The monoisotopic (exact) mass is 413 g/mol. The molecule has 0 atom stereocenters. The lowest BCUT2D eigenvalue weighted by atomic mass is 9.97. The number of hydrogen-bond donors (Lipinski definition) is 1. The topological polar surface area (TPSA) is 57.6 Å². The van der Waals surface area contributed by atoms with E-state index in [9.17, 15) is 9.59 Å². The number of aromatic carboxylic acids is 1. The molecule has 0 saturated carbocycles. The fourth-order valence-electron chi connectivity index (χ4n) is 2.47. The highest BCUT2D eigenvalue weighted by molar-refractivity contribution is 14.1. The summed E-state index contributed by atoms with van der Waals surface area (Å²) in [4.78, 5) is 25.3. The number of carboxylic acid groups (broad SMARTS) is 1. The van der Waals surface area contributed by atoms with Crippen LogP contribution in [0.1, 0.15) is 31.8 Å². The van der Waals surface area contributed by atoms with Crippen molar-refractivity contribution >= 4 is 45.8 Å². The molecule has 0 bridgehead atoms. The van der Waals surface area contributed by atoms with Crippen LogP contribution < -0.4 is 0 Å². The Morgan fingerprint density at radius 3 is 2.67 bits per heavy atom. The van der Waals surface area contributed by atoms with E-state index in [0.717, 1.165) is 20.4 Å². The molecule has 21 heavy (non-hydrogen) atoms. The molecule has 0 radical (unpaired) electrons. The molecule has 1 aromatic carbocycles. The highest BCUT2D eigenvalue weighted by Gasteiger charge is 2.23. The fourth-order valence-corrected chi connectivity index (χ4v) is 3.79. The van der Waals surface area contributed by atoms with Crippen LogP contribution in [-0.2, 0) is 13.0 Å². The predicted molar refractivity (Wildman–Crippen MR) is 88.9 cm³/mol. The summed E-state index contributed by atoms with van der Waals surface area (Å²) in [5, 5.41) is 10.9. The van der Waals surface area contributed by atoms with E-state index in [4.69, 9.17) is 5.11 Å². The van der Waals surface area contributed by atoms with Gasteiger partial charge in [-0.05, 0) is 58.3 Å². The molecule has 1 aliphatic rings. The number of carbonyl (C=O) groups is 2. The largest absolute Gasteiger partial charge is 0.478 e. The van der Waals surface area contributed by atoms with Crippen LogP contribution in [0, 0.1) is 2.88 Å². The van der Waals surface area contributed by atoms with Gasteiger partial charge in [0.05, 0.1) is 14.0 Å². The van der Waals surface area contributed by atoms with Gasteiger partial charge in [-0.15, -0.1) is 11.3 Å². The Labute approximate surface area is 139 Å². The van der Waals surface area contributed by atoms with Gasteiger partial charge in [0, 0.05) is 18.5 Å². The minimum atomic E-state index is -0.936. The minimum absolute atomic E-state index is 0.0144. The Hall–Kier alpha value is -1.41. The van der Waals surface area contributed by atoms with Gasteiger partial charge < -0.3 is 10.0 Å². The minimum Gasteiger partial charge on any atom is -0.478 e. The van der Waals surface area contributed by atoms with E-state index in [0.29, 0.717) is 18.7 Å². The molecule has 0 spiro atoms. The summed E-state index contributed by atoms with van der Waals surface area (Å²) >= 11 is 3.75. The Kier molecular flexibility index (Phi) is 3.99. The maximum absolute atomic E-state index is 12.5. The molecule has 3 rings (SSSR count). The highest BCUT2D eigenvalue weighted by Crippen LogP contribution is 2.24. The van der Waals surface area contributed by atoms with Gasteiger partial charge >= 0.3 is 5.97 Å². The summed E-state index contributed by atoms with van der Waals surface area (Å²) in [6.45, 7) is 1.15. The van der Waals surface area contributed by atoms with Crippen molar-refractivity contribution < 1.29 is 14.7 Å². The van der Waals surface area contributed by atoms with Crippen LogP contribution in [0.3, 0.4) is 0 Å². The van der Waals surface area contributed by atoms with E-state index < -0.39 is 5.97 Å². The molecule has 6 heteroatoms. The lowest BCUT2D eigenvalue weighted by molar-refractivity contribution is 0.0696. The van der Waals surface area contributed by atoms with Gasteiger partial charge in [0.2, 0.25) is 0 Å². The molecule has 1 aromatic heterocycles. The smallest absolute Gasteiger partial charge is 0.335 e. The van der Waals surface area contributed by atoms with Gasteiger partial charge in [-0.2, -0.15) is 0 Å². The van der Waals surface area contributed by atoms with Crippen molar-refractivity contribution in [2.24, 2.45) is 0 Å². The molecule has 1 amide bonds. The Morgan fingerprint density at radius 1 is 1.19 bits per heavy atom. The van der Waals surface area contributed by atoms with Gasteiger partial charge in [0.25, 0.3) is 5.91 Å².